The van der Waals surface area contributed by atoms with Crippen molar-refractivity contribution >= 4 is 17.6 Å². The molecule has 0 heterocycles. The molecule has 0 saturated heterocycles. The summed E-state index contributed by atoms with van der Waals surface area (Å²) < 4.78 is 15.6. The maximum Gasteiger partial charge on any atom is 0.340 e. The third-order valence-corrected chi connectivity index (χ3v) is 3.03. The Balaban J connectivity index is 2.81. The number of amides is 3. The van der Waals surface area contributed by atoms with Crippen LogP contribution < -0.4 is 25.0 Å². The summed E-state index contributed by atoms with van der Waals surface area (Å²) in [6.45, 7) is 1.50. The number of rotatable bonds is 7. The average Bonchev–Trinajstić information content (AvgIpc) is 2.57. The van der Waals surface area contributed by atoms with Crippen LogP contribution in [0.3, 0.4) is 0 Å². The second kappa shape index (κ2) is 8.82. The minimum absolute atomic E-state index is 0.404. The highest BCUT2D eigenvalue weighted by atomic mass is 16.7. The number of methoxy groups -OCH3 is 3. The number of anilines is 1. The van der Waals surface area contributed by atoms with E-state index >= 15 is 0 Å². The molecule has 9 nitrogen and oxygen atoms in total. The van der Waals surface area contributed by atoms with Gasteiger partial charge in [0.15, 0.2) is 17.6 Å². The van der Waals surface area contributed by atoms with Crippen molar-refractivity contribution in [2.45, 2.75) is 13.0 Å². The van der Waals surface area contributed by atoms with Crippen LogP contribution in [0.15, 0.2) is 12.1 Å². The van der Waals surface area contributed by atoms with Crippen LogP contribution in [0, 0.1) is 0 Å². The van der Waals surface area contributed by atoms with Crippen molar-refractivity contribution in [3.8, 4) is 17.2 Å². The smallest absolute Gasteiger partial charge is 0.340 e. The molecular formula is C15H23N3O6. The number of benzene rings is 1. The Morgan fingerprint density at radius 1 is 1.04 bits per heavy atom. The van der Waals surface area contributed by atoms with Crippen molar-refractivity contribution < 1.29 is 28.6 Å². The SMILES string of the molecule is COc1cc(NC(=O)C(C)ONC(=O)N(C)C)cc(OC)c1OC. The standard InChI is InChI=1S/C15H23N3O6/c1-9(24-17-15(20)18(2)3)14(19)16-10-7-11(21-4)13(23-6)12(8-10)22-5/h7-9H,1-6H3,(H,16,19)(H,17,20). The summed E-state index contributed by atoms with van der Waals surface area (Å²) in [5.41, 5.74) is 2.60. The zero-order valence-corrected chi connectivity index (χ0v) is 14.6. The summed E-state index contributed by atoms with van der Waals surface area (Å²) in [6.07, 6.45) is -0.909. The Labute approximate surface area is 140 Å². The monoisotopic (exact) mass is 341 g/mol. The minimum atomic E-state index is -0.909. The molecule has 1 unspecified atom stereocenters. The lowest BCUT2D eigenvalue weighted by Crippen LogP contribution is -2.40. The van der Waals surface area contributed by atoms with Crippen LogP contribution in [-0.4, -0.2) is 58.4 Å². The molecule has 0 aromatic heterocycles. The van der Waals surface area contributed by atoms with Crippen molar-refractivity contribution in [2.75, 3.05) is 40.7 Å². The molecule has 2 N–H and O–H groups in total. The van der Waals surface area contributed by atoms with E-state index in [0.717, 1.165) is 0 Å². The van der Waals surface area contributed by atoms with E-state index < -0.39 is 18.0 Å². The van der Waals surface area contributed by atoms with Gasteiger partial charge in [0.25, 0.3) is 5.91 Å². The fourth-order valence-electron chi connectivity index (χ4n) is 1.68. The van der Waals surface area contributed by atoms with Crippen LogP contribution in [0.25, 0.3) is 0 Å². The summed E-state index contributed by atoms with van der Waals surface area (Å²) in [5, 5.41) is 2.65. The van der Waals surface area contributed by atoms with Gasteiger partial charge in [-0.3, -0.25) is 9.63 Å². The molecule has 134 valence electrons. The quantitative estimate of drug-likeness (QED) is 0.724. The van der Waals surface area contributed by atoms with Gasteiger partial charge in [-0.2, -0.15) is 0 Å². The predicted molar refractivity (Wildman–Crippen MR) is 87.5 cm³/mol. The van der Waals surface area contributed by atoms with E-state index in [4.69, 9.17) is 19.0 Å². The average molecular weight is 341 g/mol. The molecule has 9 heteroatoms. The Bertz CT molecular complexity index is 566. The molecule has 0 spiro atoms. The van der Waals surface area contributed by atoms with E-state index in [9.17, 15) is 9.59 Å². The first kappa shape index (κ1) is 19.4. The number of nitrogens with one attached hydrogen (secondary N) is 2. The van der Waals surface area contributed by atoms with Crippen molar-refractivity contribution in [1.82, 2.24) is 10.4 Å². The zero-order valence-electron chi connectivity index (χ0n) is 14.6. The fraction of sp³-hybridized carbons (Fsp3) is 0.467. The van der Waals surface area contributed by atoms with Gasteiger partial charge in [-0.15, -0.1) is 0 Å². The second-order valence-corrected chi connectivity index (χ2v) is 4.96. The van der Waals surface area contributed by atoms with E-state index in [1.165, 1.54) is 33.2 Å². The lowest BCUT2D eigenvalue weighted by molar-refractivity contribution is -0.129. The molecule has 24 heavy (non-hydrogen) atoms. The van der Waals surface area contributed by atoms with Gasteiger partial charge in [0, 0.05) is 31.9 Å². The third-order valence-electron chi connectivity index (χ3n) is 3.03. The first-order chi connectivity index (χ1) is 11.3. The van der Waals surface area contributed by atoms with E-state index in [-0.39, 0.29) is 0 Å². The van der Waals surface area contributed by atoms with E-state index in [1.807, 2.05) is 0 Å². The highest BCUT2D eigenvalue weighted by molar-refractivity contribution is 5.94. The first-order valence-corrected chi connectivity index (χ1v) is 7.07. The lowest BCUT2D eigenvalue weighted by Gasteiger charge is -2.17. The molecule has 0 aliphatic carbocycles. The predicted octanol–water partition coefficient (Wildman–Crippen LogP) is 1.24. The molecule has 1 rings (SSSR count). The van der Waals surface area contributed by atoms with Gasteiger partial charge in [-0.1, -0.05) is 0 Å². The van der Waals surface area contributed by atoms with Crippen molar-refractivity contribution in [1.29, 1.82) is 0 Å². The van der Waals surface area contributed by atoms with E-state index in [1.54, 1.807) is 26.2 Å². The molecular weight excluding hydrogens is 318 g/mol. The van der Waals surface area contributed by atoms with E-state index in [0.29, 0.717) is 22.9 Å². The Morgan fingerprint density at radius 3 is 2.00 bits per heavy atom. The molecule has 1 aromatic rings. The lowest BCUT2D eigenvalue weighted by atomic mass is 10.2. The Kier molecular flexibility index (Phi) is 7.12. The van der Waals surface area contributed by atoms with Crippen LogP contribution in [-0.2, 0) is 9.63 Å². The minimum Gasteiger partial charge on any atom is -0.493 e. The number of hydroxylamine groups is 1. The molecule has 0 bridgehead atoms. The highest BCUT2D eigenvalue weighted by Gasteiger charge is 2.19. The summed E-state index contributed by atoms with van der Waals surface area (Å²) in [7, 11) is 7.55. The number of hydrogen-bond acceptors (Lipinski definition) is 6. The molecule has 0 radical (unpaired) electrons. The number of ether oxygens (including phenoxy) is 3. The Morgan fingerprint density at radius 2 is 1.58 bits per heavy atom. The van der Waals surface area contributed by atoms with Gasteiger partial charge in [-0.05, 0) is 6.92 Å². The third kappa shape index (κ3) is 4.92. The summed E-state index contributed by atoms with van der Waals surface area (Å²) in [4.78, 5) is 29.8. The topological polar surface area (TPSA) is 98.4 Å². The normalized spacial score (nSPS) is 11.2. The Hall–Kier alpha value is -2.68. The summed E-state index contributed by atoms with van der Waals surface area (Å²) >= 11 is 0. The number of hydrogen-bond donors (Lipinski definition) is 2. The van der Waals surface area contributed by atoms with Gasteiger partial charge in [-0.25, -0.2) is 10.3 Å². The van der Waals surface area contributed by atoms with Crippen LogP contribution >= 0.6 is 0 Å². The van der Waals surface area contributed by atoms with Crippen LogP contribution in [0.2, 0.25) is 0 Å². The molecule has 1 atom stereocenters. The highest BCUT2D eigenvalue weighted by Crippen LogP contribution is 2.39. The van der Waals surface area contributed by atoms with Gasteiger partial charge >= 0.3 is 6.03 Å². The molecule has 0 fully saturated rings. The maximum absolute atomic E-state index is 12.1. The number of urea groups is 1. The summed E-state index contributed by atoms with van der Waals surface area (Å²) in [6, 6.07) is 2.71. The maximum atomic E-state index is 12.1. The van der Waals surface area contributed by atoms with Crippen molar-refractivity contribution in [3.05, 3.63) is 12.1 Å². The van der Waals surface area contributed by atoms with Crippen molar-refractivity contribution in [2.24, 2.45) is 0 Å². The second-order valence-electron chi connectivity index (χ2n) is 4.96. The van der Waals surface area contributed by atoms with Gasteiger partial charge < -0.3 is 24.4 Å². The zero-order chi connectivity index (χ0) is 18.3. The summed E-state index contributed by atoms with van der Waals surface area (Å²) in [5.74, 6) is 0.770. The fourth-order valence-corrected chi connectivity index (χ4v) is 1.68. The van der Waals surface area contributed by atoms with Crippen LogP contribution in [0.1, 0.15) is 6.92 Å². The van der Waals surface area contributed by atoms with Crippen LogP contribution in [0.5, 0.6) is 17.2 Å². The number of nitrogens with zero attached hydrogens (tertiary/aromatic N) is 1. The largest absolute Gasteiger partial charge is 0.493 e. The van der Waals surface area contributed by atoms with Gasteiger partial charge in [0.2, 0.25) is 5.75 Å². The molecule has 0 saturated carbocycles. The molecule has 0 aliphatic heterocycles. The number of carbonyl (C=O) groups is 2. The van der Waals surface area contributed by atoms with Gasteiger partial charge in [0.1, 0.15) is 0 Å². The molecule has 0 aliphatic rings. The van der Waals surface area contributed by atoms with Crippen molar-refractivity contribution in [3.63, 3.8) is 0 Å². The molecule has 3 amide bonds. The van der Waals surface area contributed by atoms with Gasteiger partial charge in [0.05, 0.1) is 21.3 Å². The van der Waals surface area contributed by atoms with E-state index in [2.05, 4.69) is 10.8 Å². The van der Waals surface area contributed by atoms with Crippen LogP contribution in [0.4, 0.5) is 10.5 Å². The first-order valence-electron chi connectivity index (χ1n) is 7.07. The number of carbonyl (C=O) groups excluding carboxylic acids is 2. The molecule has 1 aromatic carbocycles.